The molecule has 0 atom stereocenters. The van der Waals surface area contributed by atoms with Crippen LogP contribution in [-0.2, 0) is 5.75 Å². The van der Waals surface area contributed by atoms with E-state index < -0.39 is 0 Å². The molecule has 0 aliphatic heterocycles. The van der Waals surface area contributed by atoms with Gasteiger partial charge in [0, 0.05) is 34.3 Å². The summed E-state index contributed by atoms with van der Waals surface area (Å²) < 4.78 is 15.6. The van der Waals surface area contributed by atoms with Crippen LogP contribution in [0.2, 0.25) is 5.02 Å². The standard InChI is InChI=1S/C17H11ClFN5S/c18-13-2-1-3-14(19)12(13)10-25-17-22-21-16-5-4-15(23-24(16)17)11-6-8-20-9-7-11/h1-9H,10H2. The van der Waals surface area contributed by atoms with Crippen LogP contribution in [-0.4, -0.2) is 24.8 Å². The largest absolute Gasteiger partial charge is 0.265 e. The van der Waals surface area contributed by atoms with E-state index >= 15 is 0 Å². The number of fused-ring (bicyclic) bond motifs is 1. The summed E-state index contributed by atoms with van der Waals surface area (Å²) in [4.78, 5) is 4.01. The van der Waals surface area contributed by atoms with Crippen molar-refractivity contribution >= 4 is 29.0 Å². The second kappa shape index (κ2) is 6.78. The normalized spacial score (nSPS) is 11.1. The molecule has 25 heavy (non-hydrogen) atoms. The molecule has 124 valence electrons. The molecular weight excluding hydrogens is 361 g/mol. The third-order valence-electron chi connectivity index (χ3n) is 3.62. The van der Waals surface area contributed by atoms with Crippen LogP contribution in [0.4, 0.5) is 4.39 Å². The zero-order valence-electron chi connectivity index (χ0n) is 12.8. The van der Waals surface area contributed by atoms with Gasteiger partial charge in [-0.3, -0.25) is 4.98 Å². The molecule has 0 spiro atoms. The van der Waals surface area contributed by atoms with E-state index in [1.807, 2.05) is 24.3 Å². The van der Waals surface area contributed by atoms with Gasteiger partial charge in [0.2, 0.25) is 5.16 Å². The van der Waals surface area contributed by atoms with Crippen LogP contribution in [0.5, 0.6) is 0 Å². The van der Waals surface area contributed by atoms with Crippen LogP contribution in [0.1, 0.15) is 5.56 Å². The second-order valence-corrected chi connectivity index (χ2v) is 6.55. The number of hydrogen-bond donors (Lipinski definition) is 0. The number of hydrogen-bond acceptors (Lipinski definition) is 5. The number of rotatable bonds is 4. The molecule has 0 saturated carbocycles. The van der Waals surface area contributed by atoms with Crippen molar-refractivity contribution < 1.29 is 4.39 Å². The van der Waals surface area contributed by atoms with Gasteiger partial charge in [-0.2, -0.15) is 9.61 Å². The number of thioether (sulfide) groups is 1. The SMILES string of the molecule is Fc1cccc(Cl)c1CSc1nnc2ccc(-c3ccncc3)nn12. The average molecular weight is 372 g/mol. The molecular formula is C17H11ClFN5S. The summed E-state index contributed by atoms with van der Waals surface area (Å²) in [5, 5.41) is 13.8. The Bertz CT molecular complexity index is 1020. The lowest BCUT2D eigenvalue weighted by molar-refractivity contribution is 0.617. The first-order chi connectivity index (χ1) is 12.2. The van der Waals surface area contributed by atoms with Crippen molar-refractivity contribution in [2.75, 3.05) is 0 Å². The van der Waals surface area contributed by atoms with Gasteiger partial charge in [-0.15, -0.1) is 10.2 Å². The number of benzene rings is 1. The summed E-state index contributed by atoms with van der Waals surface area (Å²) in [7, 11) is 0. The topological polar surface area (TPSA) is 56.0 Å². The minimum Gasteiger partial charge on any atom is -0.265 e. The van der Waals surface area contributed by atoms with Crippen LogP contribution in [0, 0.1) is 5.82 Å². The molecule has 0 fully saturated rings. The van der Waals surface area contributed by atoms with Gasteiger partial charge in [0.1, 0.15) is 5.82 Å². The fraction of sp³-hybridized carbons (Fsp3) is 0.0588. The molecule has 0 aliphatic carbocycles. The van der Waals surface area contributed by atoms with Crippen molar-refractivity contribution in [2.24, 2.45) is 0 Å². The van der Waals surface area contributed by atoms with Gasteiger partial charge in [0.25, 0.3) is 0 Å². The van der Waals surface area contributed by atoms with E-state index in [0.717, 1.165) is 11.3 Å². The summed E-state index contributed by atoms with van der Waals surface area (Å²) in [6.45, 7) is 0. The number of halogens is 2. The van der Waals surface area contributed by atoms with Gasteiger partial charge in [-0.1, -0.05) is 29.4 Å². The van der Waals surface area contributed by atoms with Gasteiger partial charge in [0.05, 0.1) is 5.69 Å². The van der Waals surface area contributed by atoms with Crippen LogP contribution in [0.25, 0.3) is 16.9 Å². The van der Waals surface area contributed by atoms with Crippen molar-refractivity contribution in [3.8, 4) is 11.3 Å². The highest BCUT2D eigenvalue weighted by Crippen LogP contribution is 2.28. The third kappa shape index (κ3) is 3.20. The van der Waals surface area contributed by atoms with Crippen molar-refractivity contribution in [1.82, 2.24) is 24.8 Å². The van der Waals surface area contributed by atoms with E-state index in [4.69, 9.17) is 11.6 Å². The van der Waals surface area contributed by atoms with Gasteiger partial charge < -0.3 is 0 Å². The summed E-state index contributed by atoms with van der Waals surface area (Å²) >= 11 is 7.41. The fourth-order valence-electron chi connectivity index (χ4n) is 2.34. The first kappa shape index (κ1) is 16.0. The van der Waals surface area contributed by atoms with Crippen LogP contribution in [0.3, 0.4) is 0 Å². The van der Waals surface area contributed by atoms with E-state index in [1.165, 1.54) is 17.8 Å². The Kier molecular flexibility index (Phi) is 4.33. The van der Waals surface area contributed by atoms with Crippen molar-refractivity contribution in [1.29, 1.82) is 0 Å². The van der Waals surface area contributed by atoms with Crippen LogP contribution < -0.4 is 0 Å². The Morgan fingerprint density at radius 1 is 1.04 bits per heavy atom. The smallest absolute Gasteiger partial charge is 0.212 e. The highest BCUT2D eigenvalue weighted by atomic mass is 35.5. The van der Waals surface area contributed by atoms with Gasteiger partial charge in [0.15, 0.2) is 5.65 Å². The molecule has 0 saturated heterocycles. The fourth-order valence-corrected chi connectivity index (χ4v) is 3.57. The van der Waals surface area contributed by atoms with E-state index in [2.05, 4.69) is 20.3 Å². The second-order valence-electron chi connectivity index (χ2n) is 5.20. The predicted octanol–water partition coefficient (Wildman–Crippen LogP) is 4.27. The Hall–Kier alpha value is -2.51. The Balaban J connectivity index is 1.66. The first-order valence-corrected chi connectivity index (χ1v) is 8.77. The summed E-state index contributed by atoms with van der Waals surface area (Å²) in [6, 6.07) is 12.1. The Morgan fingerprint density at radius 2 is 1.88 bits per heavy atom. The van der Waals surface area contributed by atoms with E-state index in [0.29, 0.717) is 27.1 Å². The van der Waals surface area contributed by atoms with Crippen molar-refractivity contribution in [3.05, 3.63) is 71.3 Å². The van der Waals surface area contributed by atoms with Crippen molar-refractivity contribution in [3.63, 3.8) is 0 Å². The molecule has 0 unspecified atom stereocenters. The zero-order chi connectivity index (χ0) is 17.2. The van der Waals surface area contributed by atoms with E-state index in [-0.39, 0.29) is 5.82 Å². The molecule has 3 aromatic heterocycles. The molecule has 1 aromatic carbocycles. The molecule has 4 rings (SSSR count). The maximum Gasteiger partial charge on any atom is 0.212 e. The first-order valence-electron chi connectivity index (χ1n) is 7.41. The lowest BCUT2D eigenvalue weighted by atomic mass is 10.2. The van der Waals surface area contributed by atoms with E-state index in [1.54, 1.807) is 29.0 Å². The minimum atomic E-state index is -0.334. The van der Waals surface area contributed by atoms with Crippen LogP contribution in [0.15, 0.2) is 60.0 Å². The lowest BCUT2D eigenvalue weighted by Gasteiger charge is -2.05. The lowest BCUT2D eigenvalue weighted by Crippen LogP contribution is -1.97. The molecule has 0 amide bonds. The van der Waals surface area contributed by atoms with Crippen molar-refractivity contribution in [2.45, 2.75) is 10.9 Å². The quantitative estimate of drug-likeness (QED) is 0.501. The third-order valence-corrected chi connectivity index (χ3v) is 4.92. The number of aromatic nitrogens is 5. The maximum absolute atomic E-state index is 13.9. The average Bonchev–Trinajstić information content (AvgIpc) is 3.04. The van der Waals surface area contributed by atoms with Gasteiger partial charge in [-0.25, -0.2) is 4.39 Å². The van der Waals surface area contributed by atoms with E-state index in [9.17, 15) is 4.39 Å². The zero-order valence-corrected chi connectivity index (χ0v) is 14.4. The monoisotopic (exact) mass is 371 g/mol. The highest BCUT2D eigenvalue weighted by molar-refractivity contribution is 7.98. The maximum atomic E-state index is 13.9. The highest BCUT2D eigenvalue weighted by Gasteiger charge is 2.12. The summed E-state index contributed by atoms with van der Waals surface area (Å²) in [6.07, 6.45) is 3.42. The van der Waals surface area contributed by atoms with Crippen LogP contribution >= 0.6 is 23.4 Å². The minimum absolute atomic E-state index is 0.334. The summed E-state index contributed by atoms with van der Waals surface area (Å²) in [5.41, 5.74) is 2.79. The molecule has 5 nitrogen and oxygen atoms in total. The van der Waals surface area contributed by atoms with Gasteiger partial charge in [-0.05, 0) is 36.4 Å². The Labute approximate surface area is 151 Å². The Morgan fingerprint density at radius 3 is 2.68 bits per heavy atom. The van der Waals surface area contributed by atoms with Gasteiger partial charge >= 0.3 is 0 Å². The summed E-state index contributed by atoms with van der Waals surface area (Å²) in [5.74, 6) is 0.00672. The molecule has 0 aliphatic rings. The molecule has 3 heterocycles. The molecule has 4 aromatic rings. The molecule has 8 heteroatoms. The molecule has 0 N–H and O–H groups in total. The number of nitrogens with zero attached hydrogens (tertiary/aromatic N) is 5. The predicted molar refractivity (Wildman–Crippen MR) is 95.0 cm³/mol. The molecule has 0 radical (unpaired) electrons. The molecule has 0 bridgehead atoms. The number of pyridine rings is 1.